The average molecular weight is 541 g/mol. The number of anilines is 1. The Bertz CT molecular complexity index is 1250. The molecule has 0 aliphatic heterocycles. The van der Waals surface area contributed by atoms with Gasteiger partial charge in [-0.1, -0.05) is 36.9 Å². The van der Waals surface area contributed by atoms with Crippen LogP contribution in [0.15, 0.2) is 42.1 Å². The van der Waals surface area contributed by atoms with Crippen molar-refractivity contribution in [2.24, 2.45) is 0 Å². The van der Waals surface area contributed by atoms with E-state index in [1.54, 1.807) is 13.0 Å². The molecule has 1 amide bonds. The first-order chi connectivity index (χ1) is 18.0. The van der Waals surface area contributed by atoms with Gasteiger partial charge in [-0.2, -0.15) is 0 Å². The number of thioether (sulfide) groups is 1. The van der Waals surface area contributed by atoms with E-state index in [1.165, 1.54) is 28.7 Å². The lowest BCUT2D eigenvalue weighted by molar-refractivity contribution is -0.113. The Morgan fingerprint density at radius 1 is 1.19 bits per heavy atom. The number of allylic oxidation sites excluding steroid dienone is 1. The molecule has 3 aromatic rings. The highest BCUT2D eigenvalue weighted by Gasteiger charge is 2.27. The first kappa shape index (κ1) is 26.9. The molecule has 37 heavy (non-hydrogen) atoms. The molecular formula is C27H32N4O4S2. The third-order valence-corrected chi connectivity index (χ3v) is 8.21. The molecule has 1 aliphatic carbocycles. The number of fused-ring (bicyclic) bond motifs is 1. The number of aryl methyl sites for hydroxylation is 2. The number of ether oxygens (including phenoxy) is 2. The number of amides is 1. The number of thiophene rings is 1. The first-order valence-electron chi connectivity index (χ1n) is 12.5. The van der Waals surface area contributed by atoms with E-state index in [9.17, 15) is 9.59 Å². The molecule has 0 atom stereocenters. The molecule has 2 heterocycles. The minimum Gasteiger partial charge on any atom is -0.486 e. The number of nitrogens with one attached hydrogen (secondary N) is 1. The van der Waals surface area contributed by atoms with E-state index in [1.807, 2.05) is 28.8 Å². The van der Waals surface area contributed by atoms with Gasteiger partial charge >= 0.3 is 5.97 Å². The third kappa shape index (κ3) is 6.61. The Labute approximate surface area is 225 Å². The highest BCUT2D eigenvalue weighted by molar-refractivity contribution is 7.99. The molecule has 1 aromatic carbocycles. The topological polar surface area (TPSA) is 95.3 Å². The molecular weight excluding hydrogens is 508 g/mol. The van der Waals surface area contributed by atoms with Gasteiger partial charge in [-0.05, 0) is 62.3 Å². The lowest BCUT2D eigenvalue weighted by Gasteiger charge is -2.12. The summed E-state index contributed by atoms with van der Waals surface area (Å²) < 4.78 is 13.1. The summed E-state index contributed by atoms with van der Waals surface area (Å²) in [6.07, 6.45) is 6.62. The number of esters is 1. The van der Waals surface area contributed by atoms with Crippen LogP contribution in [-0.2, 0) is 41.9 Å². The van der Waals surface area contributed by atoms with Crippen LogP contribution in [0.25, 0.3) is 0 Å². The maximum atomic E-state index is 12.9. The molecule has 1 aliphatic rings. The summed E-state index contributed by atoms with van der Waals surface area (Å²) in [5.74, 6) is 0.952. The summed E-state index contributed by atoms with van der Waals surface area (Å²) in [6.45, 7) is 8.77. The minimum atomic E-state index is -0.371. The largest absolute Gasteiger partial charge is 0.486 e. The molecule has 0 unspecified atom stereocenters. The van der Waals surface area contributed by atoms with Crippen molar-refractivity contribution in [2.45, 2.75) is 64.3 Å². The van der Waals surface area contributed by atoms with E-state index in [0.717, 1.165) is 48.3 Å². The Morgan fingerprint density at radius 2 is 1.97 bits per heavy atom. The second-order valence-corrected chi connectivity index (χ2v) is 10.6. The summed E-state index contributed by atoms with van der Waals surface area (Å²) in [5.41, 5.74) is 2.79. The van der Waals surface area contributed by atoms with Crippen molar-refractivity contribution in [1.82, 2.24) is 14.8 Å². The third-order valence-electron chi connectivity index (χ3n) is 6.04. The normalized spacial score (nSPS) is 12.6. The van der Waals surface area contributed by atoms with E-state index in [4.69, 9.17) is 9.47 Å². The fourth-order valence-electron chi connectivity index (χ4n) is 4.18. The van der Waals surface area contributed by atoms with Crippen LogP contribution in [0.2, 0.25) is 0 Å². The van der Waals surface area contributed by atoms with Gasteiger partial charge < -0.3 is 14.8 Å². The van der Waals surface area contributed by atoms with Crippen LogP contribution >= 0.6 is 23.1 Å². The van der Waals surface area contributed by atoms with Gasteiger partial charge in [0.15, 0.2) is 11.0 Å². The fourth-order valence-corrected chi connectivity index (χ4v) is 6.24. The number of rotatable bonds is 12. The van der Waals surface area contributed by atoms with Gasteiger partial charge in [-0.25, -0.2) is 4.79 Å². The van der Waals surface area contributed by atoms with Gasteiger partial charge in [0.25, 0.3) is 0 Å². The van der Waals surface area contributed by atoms with Crippen molar-refractivity contribution in [2.75, 3.05) is 17.7 Å². The summed E-state index contributed by atoms with van der Waals surface area (Å²) in [6, 6.07) is 7.97. The van der Waals surface area contributed by atoms with E-state index < -0.39 is 0 Å². The molecule has 2 aromatic heterocycles. The quantitative estimate of drug-likeness (QED) is 0.185. The molecule has 10 heteroatoms. The number of benzene rings is 1. The highest BCUT2D eigenvalue weighted by Crippen LogP contribution is 2.38. The monoisotopic (exact) mass is 540 g/mol. The molecule has 0 spiro atoms. The van der Waals surface area contributed by atoms with Crippen molar-refractivity contribution < 1.29 is 19.1 Å². The molecule has 0 radical (unpaired) electrons. The number of aromatic nitrogens is 3. The standard InChI is InChI=1S/C27H32N4O4S2/c1-4-15-31-22(16-35-19-13-11-18(5-2)12-14-19)29-30-27(31)36-17-23(32)28-25-24(26(33)34-6-3)20-9-7-8-10-21(20)37-25/h4,11-14H,1,5-10,15-17H2,2-3H3,(H,28,32). The second kappa shape index (κ2) is 12.9. The lowest BCUT2D eigenvalue weighted by Crippen LogP contribution is -2.17. The van der Waals surface area contributed by atoms with Gasteiger partial charge in [-0.15, -0.1) is 28.1 Å². The highest BCUT2D eigenvalue weighted by atomic mass is 32.2. The number of nitrogens with zero attached hydrogens (tertiary/aromatic N) is 3. The van der Waals surface area contributed by atoms with E-state index >= 15 is 0 Å². The molecule has 0 saturated carbocycles. The van der Waals surface area contributed by atoms with Crippen molar-refractivity contribution in [3.8, 4) is 5.75 Å². The summed E-state index contributed by atoms with van der Waals surface area (Å²) in [4.78, 5) is 26.7. The molecule has 196 valence electrons. The number of carbonyl (C=O) groups excluding carboxylic acids is 2. The Balaban J connectivity index is 1.41. The fraction of sp³-hybridized carbons (Fsp3) is 0.407. The summed E-state index contributed by atoms with van der Waals surface area (Å²) in [5, 5.41) is 12.7. The van der Waals surface area contributed by atoms with Crippen LogP contribution < -0.4 is 10.1 Å². The van der Waals surface area contributed by atoms with Gasteiger partial charge in [0.1, 0.15) is 17.4 Å². The Hall–Kier alpha value is -3.11. The van der Waals surface area contributed by atoms with Gasteiger partial charge in [-0.3, -0.25) is 9.36 Å². The van der Waals surface area contributed by atoms with Crippen molar-refractivity contribution >= 4 is 40.0 Å². The van der Waals surface area contributed by atoms with Gasteiger partial charge in [0, 0.05) is 11.4 Å². The molecule has 0 bridgehead atoms. The zero-order chi connectivity index (χ0) is 26.2. The molecule has 4 rings (SSSR count). The molecule has 1 N–H and O–H groups in total. The number of hydrogen-bond donors (Lipinski definition) is 1. The van der Waals surface area contributed by atoms with Crippen LogP contribution in [0.4, 0.5) is 5.00 Å². The zero-order valence-corrected chi connectivity index (χ0v) is 22.9. The second-order valence-electron chi connectivity index (χ2n) is 8.56. The summed E-state index contributed by atoms with van der Waals surface area (Å²) >= 11 is 2.77. The summed E-state index contributed by atoms with van der Waals surface area (Å²) in [7, 11) is 0. The Morgan fingerprint density at radius 3 is 2.70 bits per heavy atom. The van der Waals surface area contributed by atoms with Crippen molar-refractivity contribution in [3.05, 3.63) is 64.3 Å². The van der Waals surface area contributed by atoms with E-state index in [2.05, 4.69) is 29.0 Å². The SMILES string of the molecule is C=CCn1c(COc2ccc(CC)cc2)nnc1SCC(=O)Nc1sc2c(c1C(=O)OCC)CCCC2. The van der Waals surface area contributed by atoms with Crippen LogP contribution in [0, 0.1) is 0 Å². The van der Waals surface area contributed by atoms with Crippen LogP contribution in [-0.4, -0.2) is 39.0 Å². The average Bonchev–Trinajstić information content (AvgIpc) is 3.47. The van der Waals surface area contributed by atoms with Gasteiger partial charge in [0.05, 0.1) is 17.9 Å². The van der Waals surface area contributed by atoms with Crippen LogP contribution in [0.3, 0.4) is 0 Å². The van der Waals surface area contributed by atoms with Crippen LogP contribution in [0.5, 0.6) is 5.75 Å². The van der Waals surface area contributed by atoms with E-state index in [-0.39, 0.29) is 24.2 Å². The smallest absolute Gasteiger partial charge is 0.341 e. The maximum Gasteiger partial charge on any atom is 0.341 e. The maximum absolute atomic E-state index is 12.9. The molecule has 8 nitrogen and oxygen atoms in total. The predicted octanol–water partition coefficient (Wildman–Crippen LogP) is 5.45. The van der Waals surface area contributed by atoms with Crippen molar-refractivity contribution in [1.29, 1.82) is 0 Å². The first-order valence-corrected chi connectivity index (χ1v) is 14.3. The number of hydrogen-bond acceptors (Lipinski definition) is 8. The molecule has 0 saturated heterocycles. The minimum absolute atomic E-state index is 0.124. The van der Waals surface area contributed by atoms with Gasteiger partial charge in [0.2, 0.25) is 5.91 Å². The van der Waals surface area contributed by atoms with E-state index in [0.29, 0.717) is 34.7 Å². The lowest BCUT2D eigenvalue weighted by atomic mass is 9.95. The molecule has 0 fully saturated rings. The Kier molecular flexibility index (Phi) is 9.40. The zero-order valence-electron chi connectivity index (χ0n) is 21.2. The van der Waals surface area contributed by atoms with Crippen LogP contribution in [0.1, 0.15) is 58.9 Å². The number of carbonyl (C=O) groups is 2. The van der Waals surface area contributed by atoms with Crippen molar-refractivity contribution in [3.63, 3.8) is 0 Å². The predicted molar refractivity (Wildman–Crippen MR) is 147 cm³/mol.